The standard InChI is InChI=1S/C22H24N6O2/c29-14-25-19-10-20(24-13-23-19)27-11-16-6-7-17(12-27)21(16)22(30)28-18(8-9-26-28)15-4-2-1-3-5-15/h1-5,9-10,13-14,16-18,21H,6-8,11-12H2,(H,23,24,25,29). The van der Waals surface area contributed by atoms with Crippen LogP contribution in [-0.2, 0) is 9.59 Å². The van der Waals surface area contributed by atoms with Gasteiger partial charge in [-0.3, -0.25) is 9.59 Å². The van der Waals surface area contributed by atoms with Gasteiger partial charge in [-0.1, -0.05) is 30.3 Å². The number of carbonyl (C=O) groups excluding carboxylic acids is 2. The number of hydrazone groups is 1. The van der Waals surface area contributed by atoms with Gasteiger partial charge in [0.05, 0.1) is 6.04 Å². The summed E-state index contributed by atoms with van der Waals surface area (Å²) in [6, 6.07) is 11.9. The van der Waals surface area contributed by atoms with Crippen molar-refractivity contribution in [3.05, 3.63) is 48.3 Å². The zero-order valence-electron chi connectivity index (χ0n) is 16.6. The Balaban J connectivity index is 1.33. The lowest BCUT2D eigenvalue weighted by Crippen LogP contribution is -2.48. The van der Waals surface area contributed by atoms with Crippen molar-refractivity contribution >= 4 is 30.2 Å². The quantitative estimate of drug-likeness (QED) is 0.773. The zero-order valence-corrected chi connectivity index (χ0v) is 16.6. The van der Waals surface area contributed by atoms with E-state index in [0.717, 1.165) is 43.7 Å². The van der Waals surface area contributed by atoms with Crippen LogP contribution in [0.5, 0.6) is 0 Å². The fourth-order valence-electron chi connectivity index (χ4n) is 5.20. The molecule has 30 heavy (non-hydrogen) atoms. The Labute approximate surface area is 175 Å². The molecule has 1 saturated carbocycles. The summed E-state index contributed by atoms with van der Waals surface area (Å²) in [5.74, 6) is 1.98. The van der Waals surface area contributed by atoms with Crippen LogP contribution >= 0.6 is 0 Å². The Morgan fingerprint density at radius 1 is 1.10 bits per heavy atom. The van der Waals surface area contributed by atoms with Crippen LogP contribution in [0.3, 0.4) is 0 Å². The van der Waals surface area contributed by atoms with Crippen molar-refractivity contribution in [3.8, 4) is 0 Å². The number of nitrogens with one attached hydrogen (secondary N) is 1. The highest BCUT2D eigenvalue weighted by Gasteiger charge is 2.48. The average molecular weight is 404 g/mol. The summed E-state index contributed by atoms with van der Waals surface area (Å²) in [7, 11) is 0. The molecule has 1 aromatic carbocycles. The van der Waals surface area contributed by atoms with Gasteiger partial charge in [0.15, 0.2) is 0 Å². The number of hydrogen-bond donors (Lipinski definition) is 1. The number of carbonyl (C=O) groups is 2. The van der Waals surface area contributed by atoms with Crippen molar-refractivity contribution in [1.29, 1.82) is 0 Å². The summed E-state index contributed by atoms with van der Waals surface area (Å²) in [6.07, 6.45) is 6.77. The molecule has 0 radical (unpaired) electrons. The molecule has 8 nitrogen and oxygen atoms in total. The summed E-state index contributed by atoms with van der Waals surface area (Å²) in [5, 5.41) is 8.75. The SMILES string of the molecule is O=CNc1cc(N2CC3CCC(C2)C3C(=O)N2N=CCC2c2ccccc2)ncn1. The number of rotatable bonds is 5. The van der Waals surface area contributed by atoms with E-state index in [9.17, 15) is 9.59 Å². The first-order valence-electron chi connectivity index (χ1n) is 10.4. The number of anilines is 2. The lowest BCUT2D eigenvalue weighted by atomic mass is 9.83. The van der Waals surface area contributed by atoms with Crippen LogP contribution in [0.2, 0.25) is 0 Å². The Hall–Kier alpha value is -3.29. The van der Waals surface area contributed by atoms with Gasteiger partial charge in [-0.15, -0.1) is 0 Å². The molecule has 154 valence electrons. The smallest absolute Gasteiger partial charge is 0.247 e. The second kappa shape index (κ2) is 7.85. The van der Waals surface area contributed by atoms with E-state index in [1.165, 1.54) is 6.33 Å². The number of amides is 2. The summed E-state index contributed by atoms with van der Waals surface area (Å²) >= 11 is 0. The molecule has 3 atom stereocenters. The molecule has 2 fully saturated rings. The minimum atomic E-state index is -0.00466. The Bertz CT molecular complexity index is 951. The van der Waals surface area contributed by atoms with Crippen LogP contribution in [0, 0.1) is 17.8 Å². The van der Waals surface area contributed by atoms with E-state index in [4.69, 9.17) is 0 Å². The maximum Gasteiger partial charge on any atom is 0.247 e. The first-order valence-corrected chi connectivity index (χ1v) is 10.4. The van der Waals surface area contributed by atoms with Crippen LogP contribution in [0.15, 0.2) is 47.8 Å². The summed E-state index contributed by atoms with van der Waals surface area (Å²) in [5.41, 5.74) is 1.13. The predicted molar refractivity (Wildman–Crippen MR) is 113 cm³/mol. The Morgan fingerprint density at radius 2 is 1.87 bits per heavy atom. The van der Waals surface area contributed by atoms with Crippen molar-refractivity contribution in [2.75, 3.05) is 23.3 Å². The van der Waals surface area contributed by atoms with Gasteiger partial charge < -0.3 is 10.2 Å². The van der Waals surface area contributed by atoms with Gasteiger partial charge in [0.2, 0.25) is 12.3 Å². The van der Waals surface area contributed by atoms with E-state index in [1.54, 1.807) is 11.1 Å². The third kappa shape index (κ3) is 3.32. The van der Waals surface area contributed by atoms with Gasteiger partial charge in [0.1, 0.15) is 18.0 Å². The maximum atomic E-state index is 13.5. The molecular weight excluding hydrogens is 380 g/mol. The van der Waals surface area contributed by atoms with Gasteiger partial charge in [0, 0.05) is 37.7 Å². The molecule has 8 heteroatoms. The molecule has 5 rings (SSSR count). The minimum Gasteiger partial charge on any atom is -0.356 e. The predicted octanol–water partition coefficient (Wildman–Crippen LogP) is 2.47. The Morgan fingerprint density at radius 3 is 2.60 bits per heavy atom. The lowest BCUT2D eigenvalue weighted by Gasteiger charge is -2.39. The first kappa shape index (κ1) is 18.7. The molecule has 1 aliphatic carbocycles. The average Bonchev–Trinajstić information content (AvgIpc) is 3.37. The number of nitrogens with zero attached hydrogens (tertiary/aromatic N) is 5. The van der Waals surface area contributed by atoms with Crippen LogP contribution in [0.25, 0.3) is 0 Å². The topological polar surface area (TPSA) is 90.8 Å². The third-order valence-corrected chi connectivity index (χ3v) is 6.54. The van der Waals surface area contributed by atoms with Crippen molar-refractivity contribution in [1.82, 2.24) is 15.0 Å². The second-order valence-electron chi connectivity index (χ2n) is 8.19. The van der Waals surface area contributed by atoms with E-state index in [-0.39, 0.29) is 29.7 Å². The Kier molecular flexibility index (Phi) is 4.90. The number of hydrogen-bond acceptors (Lipinski definition) is 6. The monoisotopic (exact) mass is 404 g/mol. The van der Waals surface area contributed by atoms with Crippen LogP contribution in [0.1, 0.15) is 30.9 Å². The highest BCUT2D eigenvalue weighted by Crippen LogP contribution is 2.45. The molecule has 2 amide bonds. The van der Waals surface area contributed by atoms with Gasteiger partial charge in [-0.2, -0.15) is 5.10 Å². The second-order valence-corrected chi connectivity index (χ2v) is 8.19. The molecule has 3 aliphatic rings. The molecule has 1 aromatic heterocycles. The van der Waals surface area contributed by atoms with Gasteiger partial charge >= 0.3 is 0 Å². The van der Waals surface area contributed by atoms with E-state index < -0.39 is 0 Å². The molecule has 3 unspecified atom stereocenters. The largest absolute Gasteiger partial charge is 0.356 e. The van der Waals surface area contributed by atoms with Crippen LogP contribution < -0.4 is 10.2 Å². The normalized spacial score (nSPS) is 27.3. The van der Waals surface area contributed by atoms with Crippen LogP contribution in [-0.4, -0.2) is 46.6 Å². The van der Waals surface area contributed by atoms with E-state index in [0.29, 0.717) is 12.2 Å². The highest BCUT2D eigenvalue weighted by molar-refractivity contribution is 5.83. The number of piperidine rings is 1. The van der Waals surface area contributed by atoms with Crippen molar-refractivity contribution in [2.24, 2.45) is 22.9 Å². The zero-order chi connectivity index (χ0) is 20.5. The molecular formula is C22H24N6O2. The van der Waals surface area contributed by atoms with Crippen molar-refractivity contribution in [2.45, 2.75) is 25.3 Å². The van der Waals surface area contributed by atoms with Crippen molar-refractivity contribution < 1.29 is 9.59 Å². The molecule has 1 saturated heterocycles. The fourth-order valence-corrected chi connectivity index (χ4v) is 5.20. The summed E-state index contributed by atoms with van der Waals surface area (Å²) in [6.45, 7) is 1.55. The van der Waals surface area contributed by atoms with Gasteiger partial charge in [-0.05, 0) is 30.2 Å². The molecule has 2 aliphatic heterocycles. The first-order chi connectivity index (χ1) is 14.7. The summed E-state index contributed by atoms with van der Waals surface area (Å²) < 4.78 is 0. The maximum absolute atomic E-state index is 13.5. The van der Waals surface area contributed by atoms with Gasteiger partial charge in [-0.25, -0.2) is 15.0 Å². The van der Waals surface area contributed by atoms with Gasteiger partial charge in [0.25, 0.3) is 0 Å². The van der Waals surface area contributed by atoms with E-state index in [1.807, 2.05) is 24.4 Å². The molecule has 3 heterocycles. The number of fused-ring (bicyclic) bond motifs is 2. The minimum absolute atomic E-state index is 0.00267. The third-order valence-electron chi connectivity index (χ3n) is 6.54. The molecule has 2 aromatic rings. The van der Waals surface area contributed by atoms with E-state index >= 15 is 0 Å². The fraction of sp³-hybridized carbons (Fsp3) is 0.409. The molecule has 1 N–H and O–H groups in total. The van der Waals surface area contributed by atoms with E-state index in [2.05, 4.69) is 37.4 Å². The molecule has 0 spiro atoms. The summed E-state index contributed by atoms with van der Waals surface area (Å²) in [4.78, 5) is 34.9. The number of benzene rings is 1. The number of aromatic nitrogens is 2. The highest BCUT2D eigenvalue weighted by atomic mass is 16.2. The van der Waals surface area contributed by atoms with Crippen LogP contribution in [0.4, 0.5) is 11.6 Å². The van der Waals surface area contributed by atoms with Crippen molar-refractivity contribution in [3.63, 3.8) is 0 Å². The lowest BCUT2D eigenvalue weighted by molar-refractivity contribution is -0.140. The molecule has 2 bridgehead atoms.